The van der Waals surface area contributed by atoms with Crippen molar-refractivity contribution in [3.63, 3.8) is 0 Å². The Labute approximate surface area is 169 Å². The Morgan fingerprint density at radius 2 is 2.00 bits per heavy atom. The average molecular weight is 423 g/mol. The number of rotatable bonds is 4. The van der Waals surface area contributed by atoms with Gasteiger partial charge in [0.15, 0.2) is 6.10 Å². The molecule has 0 bridgehead atoms. The molecule has 1 aromatic carbocycles. The lowest BCUT2D eigenvalue weighted by Crippen LogP contribution is -2.47. The fourth-order valence-electron chi connectivity index (χ4n) is 3.66. The standard InChI is InChI=1S/C19H25N3O6S/c1-10(2)17-19(25)20-13-8-11(3)16(9-15(13)28-17)29(26,27)21-18(24)14-6-5-7-22(14)12(4)23/h8-10,14,17H,5-7H2,1-4H3,(H,20,25)(H,21,24). The van der Waals surface area contributed by atoms with E-state index in [0.717, 1.165) is 0 Å². The molecule has 3 amide bonds. The zero-order valence-corrected chi connectivity index (χ0v) is 17.6. The smallest absolute Gasteiger partial charge is 0.265 e. The summed E-state index contributed by atoms with van der Waals surface area (Å²) in [5.74, 6) is -1.17. The molecule has 10 heteroatoms. The number of hydrogen-bond donors (Lipinski definition) is 2. The first-order valence-electron chi connectivity index (χ1n) is 9.47. The van der Waals surface area contributed by atoms with Crippen molar-refractivity contribution in [2.45, 2.75) is 57.6 Å². The molecule has 2 aliphatic heterocycles. The second-order valence-electron chi connectivity index (χ2n) is 7.73. The van der Waals surface area contributed by atoms with Gasteiger partial charge in [-0.25, -0.2) is 13.1 Å². The van der Waals surface area contributed by atoms with Crippen LogP contribution in [0.15, 0.2) is 17.0 Å². The van der Waals surface area contributed by atoms with Crippen molar-refractivity contribution >= 4 is 33.4 Å². The summed E-state index contributed by atoms with van der Waals surface area (Å²) in [5, 5.41) is 2.72. The van der Waals surface area contributed by atoms with Crippen LogP contribution in [0.4, 0.5) is 5.69 Å². The Morgan fingerprint density at radius 1 is 1.31 bits per heavy atom. The van der Waals surface area contributed by atoms with Crippen molar-refractivity contribution < 1.29 is 27.5 Å². The van der Waals surface area contributed by atoms with Crippen molar-refractivity contribution in [2.75, 3.05) is 11.9 Å². The molecule has 0 radical (unpaired) electrons. The maximum atomic E-state index is 12.9. The predicted molar refractivity (Wildman–Crippen MR) is 105 cm³/mol. The maximum Gasteiger partial charge on any atom is 0.265 e. The molecular formula is C19H25N3O6S. The van der Waals surface area contributed by atoms with Crippen LogP contribution in [0.3, 0.4) is 0 Å². The van der Waals surface area contributed by atoms with Crippen molar-refractivity contribution in [3.8, 4) is 5.75 Å². The summed E-state index contributed by atoms with van der Waals surface area (Å²) in [6, 6.07) is 2.01. The summed E-state index contributed by atoms with van der Waals surface area (Å²) in [7, 11) is -4.19. The van der Waals surface area contributed by atoms with E-state index in [2.05, 4.69) is 10.0 Å². The second-order valence-corrected chi connectivity index (χ2v) is 9.38. The van der Waals surface area contributed by atoms with E-state index in [1.807, 2.05) is 13.8 Å². The van der Waals surface area contributed by atoms with Gasteiger partial charge in [0.05, 0.1) is 10.6 Å². The topological polar surface area (TPSA) is 122 Å². The average Bonchev–Trinajstić information content (AvgIpc) is 3.10. The first kappa shape index (κ1) is 21.1. The number of carbonyl (C=O) groups excluding carboxylic acids is 3. The van der Waals surface area contributed by atoms with Crippen LogP contribution >= 0.6 is 0 Å². The van der Waals surface area contributed by atoms with Gasteiger partial charge in [0.1, 0.15) is 11.8 Å². The largest absolute Gasteiger partial charge is 0.478 e. The number of benzene rings is 1. The van der Waals surface area contributed by atoms with Gasteiger partial charge in [0.2, 0.25) is 5.91 Å². The van der Waals surface area contributed by atoms with Gasteiger partial charge in [-0.15, -0.1) is 0 Å². The van der Waals surface area contributed by atoms with Crippen molar-refractivity contribution in [1.82, 2.24) is 9.62 Å². The van der Waals surface area contributed by atoms with Crippen LogP contribution < -0.4 is 14.8 Å². The monoisotopic (exact) mass is 423 g/mol. The lowest BCUT2D eigenvalue weighted by Gasteiger charge is -2.29. The van der Waals surface area contributed by atoms with Crippen molar-refractivity contribution in [2.24, 2.45) is 5.92 Å². The molecule has 0 spiro atoms. The van der Waals surface area contributed by atoms with Crippen LogP contribution in [0.1, 0.15) is 39.2 Å². The molecule has 2 unspecified atom stereocenters. The van der Waals surface area contributed by atoms with Crippen LogP contribution in [-0.4, -0.2) is 49.7 Å². The number of nitrogens with one attached hydrogen (secondary N) is 2. The first-order chi connectivity index (χ1) is 13.5. The Kier molecular flexibility index (Phi) is 5.57. The molecule has 158 valence electrons. The van der Waals surface area contributed by atoms with Crippen LogP contribution in [0.2, 0.25) is 0 Å². The second kappa shape index (κ2) is 7.66. The molecule has 2 heterocycles. The molecule has 3 rings (SSSR count). The fourth-order valence-corrected chi connectivity index (χ4v) is 4.91. The van der Waals surface area contributed by atoms with Gasteiger partial charge < -0.3 is 15.0 Å². The van der Waals surface area contributed by atoms with E-state index in [1.165, 1.54) is 24.0 Å². The molecular weight excluding hydrogens is 398 g/mol. The maximum absolute atomic E-state index is 12.9. The van der Waals surface area contributed by atoms with E-state index < -0.39 is 28.1 Å². The van der Waals surface area contributed by atoms with Crippen LogP contribution in [0.5, 0.6) is 5.75 Å². The van der Waals surface area contributed by atoms with Crippen molar-refractivity contribution in [1.29, 1.82) is 0 Å². The Hall–Kier alpha value is -2.62. The van der Waals surface area contributed by atoms with E-state index in [0.29, 0.717) is 30.6 Å². The molecule has 29 heavy (non-hydrogen) atoms. The molecule has 1 saturated heterocycles. The molecule has 2 atom stereocenters. The summed E-state index contributed by atoms with van der Waals surface area (Å²) < 4.78 is 33.6. The number of anilines is 1. The SMILES string of the molecule is CC(=O)N1CCCC1C(=O)NS(=O)(=O)c1cc2c(cc1C)NC(=O)C(C(C)C)O2. The van der Waals surface area contributed by atoms with Gasteiger partial charge in [-0.2, -0.15) is 0 Å². The zero-order valence-electron chi connectivity index (χ0n) is 16.8. The number of sulfonamides is 1. The zero-order chi connectivity index (χ0) is 21.5. The molecule has 2 N–H and O–H groups in total. The van der Waals surface area contributed by atoms with E-state index in [9.17, 15) is 22.8 Å². The van der Waals surface area contributed by atoms with Gasteiger partial charge in [-0.3, -0.25) is 14.4 Å². The third kappa shape index (κ3) is 4.07. The van der Waals surface area contributed by atoms with Gasteiger partial charge in [-0.1, -0.05) is 13.8 Å². The van der Waals surface area contributed by atoms with Gasteiger partial charge >= 0.3 is 0 Å². The number of carbonyl (C=O) groups is 3. The highest BCUT2D eigenvalue weighted by atomic mass is 32.2. The van der Waals surface area contributed by atoms with E-state index in [4.69, 9.17) is 4.74 Å². The highest BCUT2D eigenvalue weighted by Gasteiger charge is 2.36. The molecule has 0 aromatic heterocycles. The number of fused-ring (bicyclic) bond motifs is 1. The number of likely N-dealkylation sites (tertiary alicyclic amines) is 1. The highest BCUT2D eigenvalue weighted by molar-refractivity contribution is 7.90. The lowest BCUT2D eigenvalue weighted by atomic mass is 10.0. The Bertz CT molecular complexity index is 972. The summed E-state index contributed by atoms with van der Waals surface area (Å²) >= 11 is 0. The summed E-state index contributed by atoms with van der Waals surface area (Å²) in [6.45, 7) is 6.99. The van der Waals surface area contributed by atoms with Gasteiger partial charge in [0.25, 0.3) is 21.8 Å². The summed E-state index contributed by atoms with van der Waals surface area (Å²) in [4.78, 5) is 37.6. The van der Waals surface area contributed by atoms with E-state index >= 15 is 0 Å². The highest BCUT2D eigenvalue weighted by Crippen LogP contribution is 2.35. The molecule has 1 aromatic rings. The minimum absolute atomic E-state index is 0.107. The van der Waals surface area contributed by atoms with E-state index in [1.54, 1.807) is 6.92 Å². The van der Waals surface area contributed by atoms with Gasteiger partial charge in [0, 0.05) is 19.5 Å². The third-order valence-corrected chi connectivity index (χ3v) is 6.63. The third-order valence-electron chi connectivity index (χ3n) is 5.14. The van der Waals surface area contributed by atoms with Crippen molar-refractivity contribution in [3.05, 3.63) is 17.7 Å². The number of amides is 3. The number of nitrogens with zero attached hydrogens (tertiary/aromatic N) is 1. The quantitative estimate of drug-likeness (QED) is 0.750. The van der Waals surface area contributed by atoms with E-state index in [-0.39, 0.29) is 28.4 Å². The summed E-state index contributed by atoms with van der Waals surface area (Å²) in [5.41, 5.74) is 0.735. The van der Waals surface area contributed by atoms with Crippen LogP contribution in [0.25, 0.3) is 0 Å². The van der Waals surface area contributed by atoms with Gasteiger partial charge in [-0.05, 0) is 37.3 Å². The Morgan fingerprint density at radius 3 is 2.62 bits per heavy atom. The minimum Gasteiger partial charge on any atom is -0.478 e. The number of aryl methyl sites for hydroxylation is 1. The first-order valence-corrected chi connectivity index (χ1v) is 11.0. The molecule has 0 saturated carbocycles. The Balaban J connectivity index is 1.88. The lowest BCUT2D eigenvalue weighted by molar-refractivity contribution is -0.136. The van der Waals surface area contributed by atoms with Crippen LogP contribution in [-0.2, 0) is 24.4 Å². The molecule has 1 fully saturated rings. The molecule has 2 aliphatic rings. The van der Waals surface area contributed by atoms with Crippen LogP contribution in [0, 0.1) is 12.8 Å². The summed E-state index contributed by atoms with van der Waals surface area (Å²) in [6.07, 6.45) is 0.313. The molecule has 0 aliphatic carbocycles. The fraction of sp³-hybridized carbons (Fsp3) is 0.526. The number of hydrogen-bond acceptors (Lipinski definition) is 6. The predicted octanol–water partition coefficient (Wildman–Crippen LogP) is 1.17. The molecule has 9 nitrogen and oxygen atoms in total. The number of ether oxygens (including phenoxy) is 1. The minimum atomic E-state index is -4.19. The normalized spacial score (nSPS) is 21.4.